The summed E-state index contributed by atoms with van der Waals surface area (Å²) in [6.45, 7) is 10.3. The van der Waals surface area contributed by atoms with Crippen molar-refractivity contribution in [2.45, 2.75) is 65.9 Å². The zero-order valence-corrected chi connectivity index (χ0v) is 25.4. The summed E-state index contributed by atoms with van der Waals surface area (Å²) in [7, 11) is 0. The Morgan fingerprint density at radius 3 is 2.24 bits per heavy atom. The van der Waals surface area contributed by atoms with E-state index in [0.717, 1.165) is 41.2 Å². The molecule has 3 aromatic rings. The van der Waals surface area contributed by atoms with E-state index in [4.69, 9.17) is 9.47 Å². The molecule has 0 aliphatic carbocycles. The number of hydrogen-bond acceptors (Lipinski definition) is 5. The molecule has 1 aliphatic heterocycles. The van der Waals surface area contributed by atoms with E-state index < -0.39 is 24.1 Å². The number of aliphatic hydroxyl groups excluding tert-OH is 1. The van der Waals surface area contributed by atoms with E-state index in [1.54, 1.807) is 12.1 Å². The van der Waals surface area contributed by atoms with Crippen LogP contribution in [0.1, 0.15) is 80.4 Å². The van der Waals surface area contributed by atoms with Crippen LogP contribution in [0.15, 0.2) is 72.3 Å². The summed E-state index contributed by atoms with van der Waals surface area (Å²) in [4.78, 5) is 25.6. The molecule has 0 saturated carbocycles. The molecular weight excluding hydrogens is 524 g/mol. The van der Waals surface area contributed by atoms with Crippen LogP contribution in [0.4, 0.5) is 0 Å². The van der Waals surface area contributed by atoms with Crippen molar-refractivity contribution in [2.24, 2.45) is 17.8 Å². The van der Waals surface area contributed by atoms with E-state index in [1.165, 1.54) is 5.56 Å². The van der Waals surface area contributed by atoms with Crippen molar-refractivity contribution in [1.82, 2.24) is 0 Å². The van der Waals surface area contributed by atoms with Crippen LogP contribution in [0.25, 0.3) is 10.8 Å². The number of aryl methyl sites for hydroxylation is 1. The van der Waals surface area contributed by atoms with Crippen molar-refractivity contribution < 1.29 is 24.2 Å². The Morgan fingerprint density at radius 2 is 1.57 bits per heavy atom. The highest BCUT2D eigenvalue weighted by atomic mass is 16.6. The van der Waals surface area contributed by atoms with Gasteiger partial charge in [-0.2, -0.15) is 0 Å². The van der Waals surface area contributed by atoms with Gasteiger partial charge in [-0.15, -0.1) is 0 Å². The number of rotatable bonds is 10. The lowest BCUT2D eigenvalue weighted by Crippen LogP contribution is -2.39. The van der Waals surface area contributed by atoms with Crippen molar-refractivity contribution >= 4 is 22.7 Å². The average Bonchev–Trinajstić information content (AvgIpc) is 3.29. The molecular formula is C37H42O5. The van der Waals surface area contributed by atoms with Gasteiger partial charge in [0, 0.05) is 23.1 Å². The molecule has 42 heavy (non-hydrogen) atoms. The summed E-state index contributed by atoms with van der Waals surface area (Å²) < 4.78 is 11.2. The Kier molecular flexibility index (Phi) is 10.2. The Bertz CT molecular complexity index is 1490. The van der Waals surface area contributed by atoms with Crippen LogP contribution in [-0.2, 0) is 14.3 Å². The molecule has 0 radical (unpaired) electrons. The molecule has 0 unspecified atom stereocenters. The van der Waals surface area contributed by atoms with Crippen LogP contribution < -0.4 is 0 Å². The van der Waals surface area contributed by atoms with Crippen LogP contribution in [-0.4, -0.2) is 35.9 Å². The maximum atomic E-state index is 13.0. The van der Waals surface area contributed by atoms with E-state index in [0.29, 0.717) is 28.9 Å². The van der Waals surface area contributed by atoms with Crippen molar-refractivity contribution in [2.75, 3.05) is 13.2 Å². The average molecular weight is 567 g/mol. The normalized spacial score (nSPS) is 17.6. The third-order valence-electron chi connectivity index (χ3n) is 7.62. The van der Waals surface area contributed by atoms with Gasteiger partial charge in [0.15, 0.2) is 5.60 Å². The lowest BCUT2D eigenvalue weighted by molar-refractivity contribution is -0.154. The first-order valence-electron chi connectivity index (χ1n) is 14.9. The zero-order chi connectivity index (χ0) is 30.3. The zero-order valence-electron chi connectivity index (χ0n) is 25.4. The minimum absolute atomic E-state index is 0.210. The second kappa shape index (κ2) is 13.9. The molecule has 0 spiro atoms. The smallest absolute Gasteiger partial charge is 0.338 e. The molecule has 3 aromatic carbocycles. The number of fused-ring (bicyclic) bond motifs is 1. The Hall–Kier alpha value is -3.88. The molecule has 1 heterocycles. The summed E-state index contributed by atoms with van der Waals surface area (Å²) >= 11 is 0. The molecule has 0 aromatic heterocycles. The van der Waals surface area contributed by atoms with Crippen LogP contribution in [0.5, 0.6) is 0 Å². The molecule has 1 atom stereocenters. The minimum atomic E-state index is -1.26. The first-order chi connectivity index (χ1) is 20.1. The van der Waals surface area contributed by atoms with Gasteiger partial charge in [-0.25, -0.2) is 9.59 Å². The van der Waals surface area contributed by atoms with Crippen molar-refractivity contribution in [1.29, 1.82) is 0 Å². The molecule has 5 nitrogen and oxygen atoms in total. The molecule has 4 rings (SSSR count). The SMILES string of the molecule is Cc1ccc(C#Cc2ccc3cc(C(=O)OC[C@]4(CO)C/C(=C\CC(CC(C)C)CC(C)C)C(=O)O4)ccc3c2)cc1. The summed E-state index contributed by atoms with van der Waals surface area (Å²) in [6, 6.07) is 19.3. The first-order valence-corrected chi connectivity index (χ1v) is 14.9. The van der Waals surface area contributed by atoms with E-state index in [1.807, 2.05) is 61.5 Å². The van der Waals surface area contributed by atoms with Crippen molar-refractivity contribution in [3.05, 3.63) is 94.6 Å². The number of benzene rings is 3. The number of carbonyl (C=O) groups is 2. The summed E-state index contributed by atoms with van der Waals surface area (Å²) in [5.41, 5.74) is 2.71. The van der Waals surface area contributed by atoms with Crippen LogP contribution in [0.2, 0.25) is 0 Å². The fourth-order valence-electron chi connectivity index (χ4n) is 5.53. The number of allylic oxidation sites excluding steroid dienone is 1. The van der Waals surface area contributed by atoms with Gasteiger partial charge in [0.2, 0.25) is 0 Å². The third-order valence-corrected chi connectivity index (χ3v) is 7.62. The molecule has 1 N–H and O–H groups in total. The molecule has 0 amide bonds. The topological polar surface area (TPSA) is 72.8 Å². The molecule has 1 fully saturated rings. The maximum Gasteiger partial charge on any atom is 0.338 e. The highest BCUT2D eigenvalue weighted by Gasteiger charge is 2.44. The lowest BCUT2D eigenvalue weighted by Gasteiger charge is -2.24. The Morgan fingerprint density at radius 1 is 0.952 bits per heavy atom. The van der Waals surface area contributed by atoms with Crippen LogP contribution >= 0.6 is 0 Å². The number of aliphatic hydroxyl groups is 1. The van der Waals surface area contributed by atoms with Gasteiger partial charge in [0.25, 0.3) is 0 Å². The van der Waals surface area contributed by atoms with Gasteiger partial charge in [-0.1, -0.05) is 75.4 Å². The van der Waals surface area contributed by atoms with Crippen LogP contribution in [0.3, 0.4) is 0 Å². The van der Waals surface area contributed by atoms with E-state index in [-0.39, 0.29) is 13.0 Å². The maximum absolute atomic E-state index is 13.0. The quantitative estimate of drug-likeness (QED) is 0.157. The lowest BCUT2D eigenvalue weighted by atomic mass is 9.86. The minimum Gasteiger partial charge on any atom is -0.458 e. The van der Waals surface area contributed by atoms with Gasteiger partial charge < -0.3 is 14.6 Å². The summed E-state index contributed by atoms with van der Waals surface area (Å²) in [6.07, 6.45) is 5.15. The van der Waals surface area contributed by atoms with E-state index >= 15 is 0 Å². The highest BCUT2D eigenvalue weighted by Crippen LogP contribution is 2.33. The number of hydrogen-bond donors (Lipinski definition) is 1. The molecule has 0 bridgehead atoms. The fourth-order valence-corrected chi connectivity index (χ4v) is 5.53. The summed E-state index contributed by atoms with van der Waals surface area (Å²) in [5.74, 6) is 7.04. The standard InChI is InChI=1S/C37H42O5/c1-25(2)18-30(19-26(3)4)13-15-34-22-37(23-38,42-36(34)40)24-41-35(39)33-17-16-31-20-29(12-14-32(31)21-33)11-10-28-8-6-27(5)7-9-28/h6-9,12,14-17,20-21,25-26,30,38H,13,18-19,22-24H2,1-5H3/b34-15+/t37-/m1/s1. The van der Waals surface area contributed by atoms with Gasteiger partial charge in [-0.05, 0) is 91.1 Å². The molecule has 1 saturated heterocycles. The number of esters is 2. The fraction of sp³-hybridized carbons (Fsp3) is 0.405. The Balaban J connectivity index is 1.39. The second-order valence-corrected chi connectivity index (χ2v) is 12.5. The van der Waals surface area contributed by atoms with Gasteiger partial charge in [0.1, 0.15) is 6.61 Å². The number of cyclic esters (lactones) is 1. The first kappa shape index (κ1) is 31.1. The largest absolute Gasteiger partial charge is 0.458 e. The van der Waals surface area contributed by atoms with E-state index in [9.17, 15) is 14.7 Å². The summed E-state index contributed by atoms with van der Waals surface area (Å²) in [5, 5.41) is 12.0. The van der Waals surface area contributed by atoms with Gasteiger partial charge in [0.05, 0.1) is 12.2 Å². The molecule has 5 heteroatoms. The molecule has 1 aliphatic rings. The van der Waals surface area contributed by atoms with Gasteiger partial charge >= 0.3 is 11.9 Å². The van der Waals surface area contributed by atoms with Gasteiger partial charge in [-0.3, -0.25) is 0 Å². The second-order valence-electron chi connectivity index (χ2n) is 12.5. The third kappa shape index (κ3) is 8.33. The van der Waals surface area contributed by atoms with Crippen LogP contribution in [0, 0.1) is 36.5 Å². The Labute approximate surface area is 249 Å². The van der Waals surface area contributed by atoms with Crippen molar-refractivity contribution in [3.63, 3.8) is 0 Å². The highest BCUT2D eigenvalue weighted by molar-refractivity contribution is 5.96. The monoisotopic (exact) mass is 566 g/mol. The number of ether oxygens (including phenoxy) is 2. The number of carbonyl (C=O) groups excluding carboxylic acids is 2. The van der Waals surface area contributed by atoms with E-state index in [2.05, 4.69) is 39.5 Å². The predicted molar refractivity (Wildman–Crippen MR) is 167 cm³/mol. The predicted octanol–water partition coefficient (Wildman–Crippen LogP) is 7.41. The van der Waals surface area contributed by atoms with Crippen molar-refractivity contribution in [3.8, 4) is 11.8 Å². The molecule has 220 valence electrons.